The van der Waals surface area contributed by atoms with Crippen molar-refractivity contribution in [2.45, 2.75) is 37.7 Å². The van der Waals surface area contributed by atoms with E-state index in [0.29, 0.717) is 12.0 Å². The van der Waals surface area contributed by atoms with Crippen molar-refractivity contribution in [3.8, 4) is 0 Å². The molecule has 2 aliphatic rings. The van der Waals surface area contributed by atoms with Crippen molar-refractivity contribution in [3.05, 3.63) is 29.6 Å². The second-order valence-electron chi connectivity index (χ2n) is 5.33. The lowest BCUT2D eigenvalue weighted by Gasteiger charge is -2.23. The number of nitrogens with zero attached hydrogens (tertiary/aromatic N) is 1. The van der Waals surface area contributed by atoms with Gasteiger partial charge in [0.15, 0.2) is 0 Å². The Balaban J connectivity index is 1.92. The smallest absolute Gasteiger partial charge is 0.128 e. The summed E-state index contributed by atoms with van der Waals surface area (Å²) in [5.41, 5.74) is 1.06. The van der Waals surface area contributed by atoms with E-state index in [0.717, 1.165) is 31.6 Å². The largest absolute Gasteiger partial charge is 0.390 e. The van der Waals surface area contributed by atoms with E-state index in [9.17, 15) is 9.50 Å². The summed E-state index contributed by atoms with van der Waals surface area (Å²) in [7, 11) is 0. The van der Waals surface area contributed by atoms with Gasteiger partial charge in [-0.05, 0) is 37.8 Å². The molecule has 92 valence electrons. The highest BCUT2D eigenvalue weighted by molar-refractivity contribution is 5.55. The molecule has 0 amide bonds. The highest BCUT2D eigenvalue weighted by atomic mass is 19.1. The first-order chi connectivity index (χ1) is 8.18. The van der Waals surface area contributed by atoms with Crippen LogP contribution in [0.3, 0.4) is 0 Å². The molecule has 3 heteroatoms. The molecule has 0 unspecified atom stereocenters. The number of aliphatic hydroxyl groups is 1. The minimum atomic E-state index is -0.628. The third-order valence-corrected chi connectivity index (χ3v) is 3.87. The second kappa shape index (κ2) is 3.98. The van der Waals surface area contributed by atoms with Gasteiger partial charge in [0.25, 0.3) is 0 Å². The first-order valence-electron chi connectivity index (χ1n) is 6.43. The van der Waals surface area contributed by atoms with Gasteiger partial charge in [-0.2, -0.15) is 0 Å². The molecule has 1 aliphatic heterocycles. The number of benzene rings is 1. The van der Waals surface area contributed by atoms with Gasteiger partial charge < -0.3 is 10.0 Å². The SMILES string of the molecule is OC1(Cc2c(F)cccc2N2CCCC2)CC1. The number of anilines is 1. The van der Waals surface area contributed by atoms with Crippen LogP contribution in [0.5, 0.6) is 0 Å². The molecule has 0 radical (unpaired) electrons. The third-order valence-electron chi connectivity index (χ3n) is 3.87. The average Bonchev–Trinajstić information content (AvgIpc) is 2.82. The highest BCUT2D eigenvalue weighted by Gasteiger charge is 2.41. The standard InChI is InChI=1S/C14H18FNO/c15-12-4-3-5-13(16-8-1-2-9-16)11(12)10-14(17)6-7-14/h3-5,17H,1-2,6-10H2. The zero-order chi connectivity index (χ0) is 11.9. The molecule has 0 atom stereocenters. The molecule has 1 saturated heterocycles. The maximum Gasteiger partial charge on any atom is 0.128 e. The van der Waals surface area contributed by atoms with Crippen LogP contribution in [0.25, 0.3) is 0 Å². The van der Waals surface area contributed by atoms with E-state index in [2.05, 4.69) is 4.90 Å². The van der Waals surface area contributed by atoms with Gasteiger partial charge in [0.2, 0.25) is 0 Å². The molecule has 1 saturated carbocycles. The minimum absolute atomic E-state index is 0.172. The molecule has 0 spiro atoms. The molecule has 1 aliphatic carbocycles. The van der Waals surface area contributed by atoms with Gasteiger partial charge >= 0.3 is 0 Å². The fourth-order valence-corrected chi connectivity index (χ4v) is 2.63. The summed E-state index contributed by atoms with van der Waals surface area (Å²) >= 11 is 0. The van der Waals surface area contributed by atoms with Crippen LogP contribution in [-0.2, 0) is 6.42 Å². The number of rotatable bonds is 3. The van der Waals surface area contributed by atoms with Gasteiger partial charge in [0, 0.05) is 30.8 Å². The molecule has 0 aromatic heterocycles. The van der Waals surface area contributed by atoms with Crippen molar-refractivity contribution < 1.29 is 9.50 Å². The van der Waals surface area contributed by atoms with Crippen LogP contribution in [0, 0.1) is 5.82 Å². The van der Waals surface area contributed by atoms with Gasteiger partial charge in [-0.15, -0.1) is 0 Å². The average molecular weight is 235 g/mol. The summed E-state index contributed by atoms with van der Waals surface area (Å²) in [4.78, 5) is 2.24. The Morgan fingerprint density at radius 1 is 1.24 bits per heavy atom. The van der Waals surface area contributed by atoms with E-state index in [1.54, 1.807) is 6.07 Å². The molecule has 2 fully saturated rings. The van der Waals surface area contributed by atoms with Crippen molar-refractivity contribution in [3.63, 3.8) is 0 Å². The van der Waals surface area contributed by atoms with Crippen LogP contribution >= 0.6 is 0 Å². The van der Waals surface area contributed by atoms with E-state index in [1.807, 2.05) is 6.07 Å². The summed E-state index contributed by atoms with van der Waals surface area (Å²) < 4.78 is 13.9. The molecule has 1 aromatic rings. The van der Waals surface area contributed by atoms with Gasteiger partial charge in [0.1, 0.15) is 5.82 Å². The van der Waals surface area contributed by atoms with Crippen molar-refractivity contribution in [2.24, 2.45) is 0 Å². The molecular formula is C14H18FNO. The van der Waals surface area contributed by atoms with E-state index in [-0.39, 0.29) is 5.82 Å². The minimum Gasteiger partial charge on any atom is -0.390 e. The van der Waals surface area contributed by atoms with Crippen LogP contribution in [0.2, 0.25) is 0 Å². The second-order valence-corrected chi connectivity index (χ2v) is 5.33. The maximum atomic E-state index is 13.9. The van der Waals surface area contributed by atoms with Crippen molar-refractivity contribution >= 4 is 5.69 Å². The Kier molecular flexibility index (Phi) is 2.58. The van der Waals surface area contributed by atoms with Crippen molar-refractivity contribution in [1.82, 2.24) is 0 Å². The zero-order valence-corrected chi connectivity index (χ0v) is 9.95. The Morgan fingerprint density at radius 3 is 2.59 bits per heavy atom. The van der Waals surface area contributed by atoms with Crippen LogP contribution in [0.4, 0.5) is 10.1 Å². The molecule has 0 bridgehead atoms. The van der Waals surface area contributed by atoms with E-state index in [4.69, 9.17) is 0 Å². The lowest BCUT2D eigenvalue weighted by atomic mass is 10.0. The third kappa shape index (κ3) is 2.16. The summed E-state index contributed by atoms with van der Waals surface area (Å²) in [6.45, 7) is 2.02. The zero-order valence-electron chi connectivity index (χ0n) is 9.95. The quantitative estimate of drug-likeness (QED) is 0.870. The highest BCUT2D eigenvalue weighted by Crippen LogP contribution is 2.41. The number of hydrogen-bond acceptors (Lipinski definition) is 2. The maximum absolute atomic E-state index is 13.9. The van der Waals surface area contributed by atoms with Crippen molar-refractivity contribution in [2.75, 3.05) is 18.0 Å². The van der Waals surface area contributed by atoms with Crippen LogP contribution < -0.4 is 4.90 Å². The molecule has 1 N–H and O–H groups in total. The summed E-state index contributed by atoms with van der Waals surface area (Å²) in [6, 6.07) is 5.25. The Morgan fingerprint density at radius 2 is 1.94 bits per heavy atom. The van der Waals surface area contributed by atoms with E-state index >= 15 is 0 Å². The number of halogens is 1. The van der Waals surface area contributed by atoms with E-state index in [1.165, 1.54) is 18.9 Å². The predicted octanol–water partition coefficient (Wildman–Crippen LogP) is 2.49. The van der Waals surface area contributed by atoms with Crippen LogP contribution in [0.15, 0.2) is 18.2 Å². The van der Waals surface area contributed by atoms with Gasteiger partial charge in [0.05, 0.1) is 5.60 Å². The first kappa shape index (κ1) is 11.0. The summed E-state index contributed by atoms with van der Waals surface area (Å²) in [5, 5.41) is 9.99. The first-order valence-corrected chi connectivity index (χ1v) is 6.43. The Hall–Kier alpha value is -1.09. The fourth-order valence-electron chi connectivity index (χ4n) is 2.63. The lowest BCUT2D eigenvalue weighted by Crippen LogP contribution is -2.22. The predicted molar refractivity (Wildman–Crippen MR) is 65.7 cm³/mol. The summed E-state index contributed by atoms with van der Waals surface area (Å²) in [5.74, 6) is -0.172. The van der Waals surface area contributed by atoms with E-state index < -0.39 is 5.60 Å². The normalized spacial score (nSPS) is 21.9. The lowest BCUT2D eigenvalue weighted by molar-refractivity contribution is 0.150. The van der Waals surface area contributed by atoms with Crippen LogP contribution in [0.1, 0.15) is 31.2 Å². The van der Waals surface area contributed by atoms with Crippen LogP contribution in [-0.4, -0.2) is 23.8 Å². The molecule has 2 nitrogen and oxygen atoms in total. The number of hydrogen-bond donors (Lipinski definition) is 1. The van der Waals surface area contributed by atoms with Gasteiger partial charge in [-0.25, -0.2) is 4.39 Å². The van der Waals surface area contributed by atoms with Gasteiger partial charge in [-0.3, -0.25) is 0 Å². The molecule has 1 heterocycles. The molecule has 1 aromatic carbocycles. The molecule has 17 heavy (non-hydrogen) atoms. The van der Waals surface area contributed by atoms with Crippen molar-refractivity contribution in [1.29, 1.82) is 0 Å². The Bertz CT molecular complexity index is 422. The summed E-state index contributed by atoms with van der Waals surface area (Å²) in [6.07, 6.45) is 4.44. The fraction of sp³-hybridized carbons (Fsp3) is 0.571. The van der Waals surface area contributed by atoms with Gasteiger partial charge in [-0.1, -0.05) is 6.07 Å². The monoisotopic (exact) mass is 235 g/mol. The molecule has 3 rings (SSSR count). The molecular weight excluding hydrogens is 217 g/mol. The topological polar surface area (TPSA) is 23.5 Å². The Labute approximate surface area is 101 Å².